The number of benzene rings is 1. The molecule has 1 aliphatic rings. The van der Waals surface area contributed by atoms with Crippen molar-refractivity contribution in [2.45, 2.75) is 46.6 Å². The lowest BCUT2D eigenvalue weighted by Crippen LogP contribution is -2.27. The van der Waals surface area contributed by atoms with Crippen molar-refractivity contribution in [3.05, 3.63) is 50.9 Å². The molecule has 2 aromatic rings. The first kappa shape index (κ1) is 20.5. The Bertz CT molecular complexity index is 931. The first-order valence-corrected chi connectivity index (χ1v) is 10.1. The summed E-state index contributed by atoms with van der Waals surface area (Å²) in [6.45, 7) is 6.60. The van der Waals surface area contributed by atoms with E-state index in [0.717, 1.165) is 34.4 Å². The summed E-state index contributed by atoms with van der Waals surface area (Å²) < 4.78 is 0. The van der Waals surface area contributed by atoms with Crippen LogP contribution in [0.25, 0.3) is 0 Å². The number of aromatic carboxylic acids is 1. The Balaban J connectivity index is 1.98. The molecule has 0 unspecified atom stereocenters. The van der Waals surface area contributed by atoms with Gasteiger partial charge >= 0.3 is 5.97 Å². The molecule has 1 amide bonds. The molecule has 0 atom stereocenters. The second-order valence-corrected chi connectivity index (χ2v) is 9.44. The Morgan fingerprint density at radius 3 is 2.68 bits per heavy atom. The number of aryl methyl sites for hydroxylation is 2. The largest absolute Gasteiger partial charge is 0.478 e. The van der Waals surface area contributed by atoms with Crippen LogP contribution in [0.15, 0.2) is 18.2 Å². The first-order chi connectivity index (χ1) is 13.1. The number of amides is 1. The van der Waals surface area contributed by atoms with E-state index in [1.54, 1.807) is 7.05 Å². The maximum atomic E-state index is 13.1. The van der Waals surface area contributed by atoms with Gasteiger partial charge in [0.05, 0.1) is 5.56 Å². The molecule has 0 radical (unpaired) electrons. The number of hydrogen-bond donors (Lipinski definition) is 3. The van der Waals surface area contributed by atoms with E-state index in [9.17, 15) is 14.7 Å². The van der Waals surface area contributed by atoms with Crippen LogP contribution in [0.5, 0.6) is 0 Å². The number of carbonyl (C=O) groups excluding carboxylic acids is 1. The number of hydrazine groups is 1. The van der Waals surface area contributed by atoms with Gasteiger partial charge in [0, 0.05) is 24.0 Å². The second kappa shape index (κ2) is 7.66. The third-order valence-corrected chi connectivity index (χ3v) is 6.43. The minimum absolute atomic E-state index is 0.0639. The highest BCUT2D eigenvalue weighted by Gasteiger charge is 2.33. The number of carbonyl (C=O) groups is 2. The van der Waals surface area contributed by atoms with Crippen LogP contribution < -0.4 is 11.2 Å². The molecule has 28 heavy (non-hydrogen) atoms. The number of carboxylic acids is 1. The molecule has 0 spiro atoms. The van der Waals surface area contributed by atoms with Gasteiger partial charge in [0.1, 0.15) is 5.00 Å². The van der Waals surface area contributed by atoms with E-state index in [4.69, 9.17) is 5.84 Å². The number of nitrogens with zero attached hydrogens (tertiary/aromatic N) is 1. The Morgan fingerprint density at radius 2 is 2.04 bits per heavy atom. The zero-order valence-corrected chi connectivity index (χ0v) is 17.6. The predicted molar refractivity (Wildman–Crippen MR) is 112 cm³/mol. The number of nitrogens with two attached hydrogens (primary N) is 1. The summed E-state index contributed by atoms with van der Waals surface area (Å²) in [4.78, 5) is 26.2. The first-order valence-electron chi connectivity index (χ1n) is 9.32. The highest BCUT2D eigenvalue weighted by Crippen LogP contribution is 2.44. The van der Waals surface area contributed by atoms with Crippen molar-refractivity contribution in [2.24, 2.45) is 11.3 Å². The maximum Gasteiger partial charge on any atom is 0.339 e. The molecular weight excluding hydrogens is 374 g/mol. The highest BCUT2D eigenvalue weighted by atomic mass is 32.1. The minimum Gasteiger partial charge on any atom is -0.478 e. The number of hydrogen-bond acceptors (Lipinski definition) is 5. The maximum absolute atomic E-state index is 13.1. The quantitative estimate of drug-likeness (QED) is 0.523. The molecule has 0 bridgehead atoms. The lowest BCUT2D eigenvalue weighted by molar-refractivity contribution is 0.0696. The topological polar surface area (TPSA) is 95.7 Å². The van der Waals surface area contributed by atoms with Crippen LogP contribution in [0.1, 0.15) is 62.6 Å². The van der Waals surface area contributed by atoms with Gasteiger partial charge < -0.3 is 10.4 Å². The van der Waals surface area contributed by atoms with Gasteiger partial charge in [-0.3, -0.25) is 10.6 Å². The van der Waals surface area contributed by atoms with E-state index >= 15 is 0 Å². The molecule has 0 saturated heterocycles. The van der Waals surface area contributed by atoms with Gasteiger partial charge in [-0.25, -0.2) is 9.80 Å². The van der Waals surface area contributed by atoms with Crippen LogP contribution in [0.3, 0.4) is 0 Å². The molecule has 1 aliphatic carbocycles. The number of fused-ring (bicyclic) bond motifs is 1. The fourth-order valence-corrected chi connectivity index (χ4v) is 5.06. The number of nitrogens with one attached hydrogen (secondary N) is 1. The van der Waals surface area contributed by atoms with Crippen molar-refractivity contribution >= 4 is 28.2 Å². The van der Waals surface area contributed by atoms with Gasteiger partial charge in [-0.2, -0.15) is 0 Å². The lowest BCUT2D eigenvalue weighted by Gasteiger charge is -2.29. The third-order valence-electron chi connectivity index (χ3n) is 5.22. The number of thiophene rings is 1. The molecule has 0 fully saturated rings. The normalized spacial score (nSPS) is 15.4. The minimum atomic E-state index is -0.989. The predicted octanol–water partition coefficient (Wildman–Crippen LogP) is 3.83. The molecule has 1 heterocycles. The Kier molecular flexibility index (Phi) is 5.61. The van der Waals surface area contributed by atoms with Gasteiger partial charge in [-0.1, -0.05) is 32.0 Å². The fraction of sp³-hybridized carbons (Fsp3) is 0.429. The molecule has 1 aromatic carbocycles. The van der Waals surface area contributed by atoms with E-state index in [-0.39, 0.29) is 16.9 Å². The number of anilines is 1. The molecule has 3 rings (SSSR count). The van der Waals surface area contributed by atoms with Crippen LogP contribution in [-0.4, -0.2) is 29.0 Å². The van der Waals surface area contributed by atoms with Gasteiger partial charge in [0.25, 0.3) is 5.91 Å². The van der Waals surface area contributed by atoms with E-state index in [2.05, 4.69) is 19.2 Å². The summed E-state index contributed by atoms with van der Waals surface area (Å²) in [7, 11) is 1.74. The van der Waals surface area contributed by atoms with Crippen LogP contribution >= 0.6 is 11.3 Å². The average Bonchev–Trinajstić information content (AvgIpc) is 2.90. The van der Waals surface area contributed by atoms with Gasteiger partial charge in [-0.05, 0) is 48.3 Å². The van der Waals surface area contributed by atoms with E-state index in [1.807, 2.05) is 25.1 Å². The third kappa shape index (κ3) is 4.11. The summed E-state index contributed by atoms with van der Waals surface area (Å²) in [5.41, 5.74) is 3.36. The van der Waals surface area contributed by atoms with E-state index in [1.165, 1.54) is 16.3 Å². The zero-order valence-electron chi connectivity index (χ0n) is 16.8. The number of carboxylic acid groups (broad SMARTS) is 1. The highest BCUT2D eigenvalue weighted by molar-refractivity contribution is 7.17. The van der Waals surface area contributed by atoms with Crippen LogP contribution in [0.4, 0.5) is 5.00 Å². The van der Waals surface area contributed by atoms with Crippen molar-refractivity contribution in [3.8, 4) is 0 Å². The summed E-state index contributed by atoms with van der Waals surface area (Å²) >= 11 is 1.39. The van der Waals surface area contributed by atoms with Crippen LogP contribution in [0, 0.1) is 12.3 Å². The standard InChI is InChI=1S/C21H27N3O3S/c1-12-6-5-7-13(11-24(4)22)16(12)18(25)23-19-17(20(26)27)14-10-21(2,3)9-8-15(14)28-19/h5-7H,8-11,22H2,1-4H3,(H,23,25)(H,26,27). The fourth-order valence-electron chi connectivity index (χ4n) is 3.85. The van der Waals surface area contributed by atoms with Gasteiger partial charge in [0.2, 0.25) is 0 Å². The van der Waals surface area contributed by atoms with Gasteiger partial charge in [-0.15, -0.1) is 11.3 Å². The monoisotopic (exact) mass is 401 g/mol. The molecule has 4 N–H and O–H groups in total. The van der Waals surface area contributed by atoms with Crippen molar-refractivity contribution < 1.29 is 14.7 Å². The van der Waals surface area contributed by atoms with Crippen molar-refractivity contribution in [3.63, 3.8) is 0 Å². The smallest absolute Gasteiger partial charge is 0.339 e. The SMILES string of the molecule is Cc1cccc(CN(C)N)c1C(=O)Nc1sc2c(c1C(=O)O)CC(C)(C)CC2. The summed E-state index contributed by atoms with van der Waals surface area (Å²) in [6, 6.07) is 5.62. The summed E-state index contributed by atoms with van der Waals surface area (Å²) in [5, 5.41) is 14.7. The molecule has 0 aliphatic heterocycles. The molecule has 0 saturated carbocycles. The van der Waals surface area contributed by atoms with Crippen LogP contribution in [-0.2, 0) is 19.4 Å². The van der Waals surface area contributed by atoms with Crippen molar-refractivity contribution in [2.75, 3.05) is 12.4 Å². The molecule has 1 aromatic heterocycles. The molecule has 150 valence electrons. The summed E-state index contributed by atoms with van der Waals surface area (Å²) in [6.07, 6.45) is 2.57. The average molecular weight is 402 g/mol. The Labute approximate surface area is 169 Å². The zero-order chi connectivity index (χ0) is 20.6. The molecule has 7 heteroatoms. The van der Waals surface area contributed by atoms with E-state index < -0.39 is 5.97 Å². The summed E-state index contributed by atoms with van der Waals surface area (Å²) in [5.74, 6) is 4.49. The second-order valence-electron chi connectivity index (χ2n) is 8.33. The molecular formula is C21H27N3O3S. The van der Waals surface area contributed by atoms with Crippen molar-refractivity contribution in [1.82, 2.24) is 5.01 Å². The Hall–Kier alpha value is -2.22. The van der Waals surface area contributed by atoms with Crippen molar-refractivity contribution in [1.29, 1.82) is 0 Å². The molecule has 6 nitrogen and oxygen atoms in total. The number of rotatable bonds is 5. The van der Waals surface area contributed by atoms with Crippen LogP contribution in [0.2, 0.25) is 0 Å². The Morgan fingerprint density at radius 1 is 1.32 bits per heavy atom. The van der Waals surface area contributed by atoms with E-state index in [0.29, 0.717) is 23.5 Å². The van der Waals surface area contributed by atoms with Gasteiger partial charge in [0.15, 0.2) is 0 Å². The lowest BCUT2D eigenvalue weighted by atomic mass is 9.76.